The van der Waals surface area contributed by atoms with Gasteiger partial charge in [-0.2, -0.15) is 0 Å². The van der Waals surface area contributed by atoms with Gasteiger partial charge in [0.15, 0.2) is 0 Å². The van der Waals surface area contributed by atoms with Crippen LogP contribution in [0.4, 0.5) is 5.69 Å². The Hall–Kier alpha value is 0.0400. The van der Waals surface area contributed by atoms with Gasteiger partial charge < -0.3 is 5.32 Å². The molecule has 1 heterocycles. The minimum absolute atomic E-state index is 0. The van der Waals surface area contributed by atoms with Gasteiger partial charge in [-0.25, -0.2) is 0 Å². The van der Waals surface area contributed by atoms with E-state index < -0.39 is 0 Å². The predicted octanol–water partition coefficient (Wildman–Crippen LogP) is 3.17. The zero-order valence-electron chi connectivity index (χ0n) is 7.14. The van der Waals surface area contributed by atoms with Gasteiger partial charge in [-0.05, 0) is 53.1 Å². The number of anilines is 1. The average Bonchev–Trinajstić information content (AvgIpc) is 2.71. The third-order valence-corrected chi connectivity index (χ3v) is 3.91. The summed E-state index contributed by atoms with van der Waals surface area (Å²) in [6.45, 7) is 1.17. The second-order valence-corrected chi connectivity index (χ2v) is 4.96. The van der Waals surface area contributed by atoms with E-state index in [1.54, 1.807) is 5.56 Å². The number of nitrogens with one attached hydrogen (secondary N) is 1. The quantitative estimate of drug-likeness (QED) is 0.726. The van der Waals surface area contributed by atoms with Crippen LogP contribution >= 0.6 is 35.0 Å². The van der Waals surface area contributed by atoms with Gasteiger partial charge in [-0.1, -0.05) is 6.07 Å². The van der Waals surface area contributed by atoms with Crippen LogP contribution in [0.25, 0.3) is 0 Å². The topological polar surface area (TPSA) is 12.0 Å². The summed E-state index contributed by atoms with van der Waals surface area (Å²) in [5.74, 6) is 0. The van der Waals surface area contributed by atoms with E-state index in [4.69, 9.17) is 0 Å². The van der Waals surface area contributed by atoms with Crippen molar-refractivity contribution in [1.82, 2.24) is 0 Å². The monoisotopic (exact) mass is 307 g/mol. The van der Waals surface area contributed by atoms with Crippen molar-refractivity contribution in [3.05, 3.63) is 27.3 Å². The molecule has 1 spiro atoms. The summed E-state index contributed by atoms with van der Waals surface area (Å²) in [4.78, 5) is 0. The molecule has 1 fully saturated rings. The number of rotatable bonds is 0. The molecule has 13 heavy (non-hydrogen) atoms. The Morgan fingerprint density at radius 1 is 1.31 bits per heavy atom. The second-order valence-electron chi connectivity index (χ2n) is 3.80. The van der Waals surface area contributed by atoms with E-state index in [-0.39, 0.29) is 12.4 Å². The molecule has 3 rings (SSSR count). The van der Waals surface area contributed by atoms with Crippen LogP contribution in [0, 0.1) is 3.57 Å². The predicted molar refractivity (Wildman–Crippen MR) is 65.8 cm³/mol. The van der Waals surface area contributed by atoms with E-state index in [2.05, 4.69) is 46.1 Å². The molecule has 1 aromatic carbocycles. The summed E-state index contributed by atoms with van der Waals surface area (Å²) in [5, 5.41) is 3.49. The highest BCUT2D eigenvalue weighted by atomic mass is 127. The molecular formula is C10H11ClIN. The highest BCUT2D eigenvalue weighted by molar-refractivity contribution is 14.1. The minimum atomic E-state index is 0. The lowest BCUT2D eigenvalue weighted by Crippen LogP contribution is -2.09. The van der Waals surface area contributed by atoms with Crippen molar-refractivity contribution >= 4 is 40.7 Å². The maximum absolute atomic E-state index is 3.49. The Morgan fingerprint density at radius 2 is 2.08 bits per heavy atom. The molecule has 3 heteroatoms. The molecule has 0 amide bonds. The smallest absolute Gasteiger partial charge is 0.0390 e. The first-order valence-corrected chi connectivity index (χ1v) is 5.43. The molecule has 1 nitrogen and oxygen atoms in total. The van der Waals surface area contributed by atoms with Gasteiger partial charge in [0.2, 0.25) is 0 Å². The largest absolute Gasteiger partial charge is 0.384 e. The molecule has 1 aliphatic carbocycles. The van der Waals surface area contributed by atoms with E-state index in [1.165, 1.54) is 28.6 Å². The minimum Gasteiger partial charge on any atom is -0.384 e. The molecule has 1 aromatic rings. The summed E-state index contributed by atoms with van der Waals surface area (Å²) < 4.78 is 1.44. The van der Waals surface area contributed by atoms with Gasteiger partial charge in [-0.15, -0.1) is 12.4 Å². The number of benzene rings is 1. The fraction of sp³-hybridized carbons (Fsp3) is 0.400. The van der Waals surface area contributed by atoms with Gasteiger partial charge in [-0.3, -0.25) is 0 Å². The van der Waals surface area contributed by atoms with Crippen molar-refractivity contribution in [2.75, 3.05) is 11.9 Å². The van der Waals surface area contributed by atoms with Crippen molar-refractivity contribution in [3.63, 3.8) is 0 Å². The zero-order valence-corrected chi connectivity index (χ0v) is 10.1. The fourth-order valence-electron chi connectivity index (χ4n) is 2.14. The molecule has 1 N–H and O–H groups in total. The third-order valence-electron chi connectivity index (χ3n) is 3.01. The van der Waals surface area contributed by atoms with Gasteiger partial charge in [0.25, 0.3) is 0 Å². The lowest BCUT2D eigenvalue weighted by atomic mass is 9.99. The molecule has 1 aliphatic heterocycles. The van der Waals surface area contributed by atoms with Crippen molar-refractivity contribution in [1.29, 1.82) is 0 Å². The fourth-order valence-corrected chi connectivity index (χ4v) is 3.21. The summed E-state index contributed by atoms with van der Waals surface area (Å²) in [5.41, 5.74) is 3.51. The molecule has 0 atom stereocenters. The van der Waals surface area contributed by atoms with Crippen molar-refractivity contribution in [2.45, 2.75) is 18.3 Å². The van der Waals surface area contributed by atoms with Gasteiger partial charge in [0, 0.05) is 21.2 Å². The zero-order chi connectivity index (χ0) is 8.18. The maximum atomic E-state index is 3.49. The number of hydrogen-bond donors (Lipinski definition) is 1. The van der Waals surface area contributed by atoms with Gasteiger partial charge in [0.05, 0.1) is 0 Å². The molecule has 0 aromatic heterocycles. The second kappa shape index (κ2) is 3.02. The van der Waals surface area contributed by atoms with Crippen LogP contribution in [0.1, 0.15) is 18.4 Å². The molecule has 0 bridgehead atoms. The Kier molecular flexibility index (Phi) is 2.23. The molecular weight excluding hydrogens is 296 g/mol. The summed E-state index contributed by atoms with van der Waals surface area (Å²) in [6.07, 6.45) is 2.76. The number of hydrogen-bond acceptors (Lipinski definition) is 1. The standard InChI is InChI=1S/C10H10IN.ClH/c11-7-2-1-3-8-9(7)10(4-5-10)6-12-8;/h1-3,12H,4-6H2;1H. The Labute approximate surface area is 97.8 Å². The van der Waals surface area contributed by atoms with Gasteiger partial charge in [0.1, 0.15) is 0 Å². The molecule has 0 radical (unpaired) electrons. The Morgan fingerprint density at radius 3 is 2.77 bits per heavy atom. The van der Waals surface area contributed by atoms with Crippen LogP contribution in [0.5, 0.6) is 0 Å². The number of halogens is 2. The van der Waals surface area contributed by atoms with E-state index in [9.17, 15) is 0 Å². The Bertz CT molecular complexity index is 347. The van der Waals surface area contributed by atoms with Crippen LogP contribution < -0.4 is 5.32 Å². The SMILES string of the molecule is Cl.Ic1cccc2c1C1(CC1)CN2. The van der Waals surface area contributed by atoms with Crippen LogP contribution in [-0.4, -0.2) is 6.54 Å². The molecule has 0 unspecified atom stereocenters. The molecule has 1 saturated carbocycles. The third kappa shape index (κ3) is 1.26. The van der Waals surface area contributed by atoms with Crippen molar-refractivity contribution in [2.24, 2.45) is 0 Å². The highest BCUT2D eigenvalue weighted by Crippen LogP contribution is 2.55. The van der Waals surface area contributed by atoms with Crippen LogP contribution in [0.15, 0.2) is 18.2 Å². The Balaban J connectivity index is 0.000000653. The van der Waals surface area contributed by atoms with Crippen molar-refractivity contribution < 1.29 is 0 Å². The highest BCUT2D eigenvalue weighted by Gasteiger charge is 2.49. The first-order valence-electron chi connectivity index (χ1n) is 4.35. The van der Waals surface area contributed by atoms with Crippen molar-refractivity contribution in [3.8, 4) is 0 Å². The van der Waals surface area contributed by atoms with E-state index in [0.29, 0.717) is 5.41 Å². The lowest BCUT2D eigenvalue weighted by Gasteiger charge is -2.07. The summed E-state index contributed by atoms with van der Waals surface area (Å²) in [7, 11) is 0. The average molecular weight is 308 g/mol. The molecule has 0 saturated heterocycles. The first-order chi connectivity index (χ1) is 5.82. The lowest BCUT2D eigenvalue weighted by molar-refractivity contribution is 0.773. The summed E-state index contributed by atoms with van der Waals surface area (Å²) in [6, 6.07) is 6.55. The van der Waals surface area contributed by atoms with Crippen LogP contribution in [-0.2, 0) is 5.41 Å². The van der Waals surface area contributed by atoms with E-state index >= 15 is 0 Å². The number of fused-ring (bicyclic) bond motifs is 2. The van der Waals surface area contributed by atoms with Gasteiger partial charge >= 0.3 is 0 Å². The van der Waals surface area contributed by atoms with E-state index in [1.807, 2.05) is 0 Å². The summed E-state index contributed by atoms with van der Waals surface area (Å²) >= 11 is 2.45. The van der Waals surface area contributed by atoms with E-state index in [0.717, 1.165) is 0 Å². The first kappa shape index (κ1) is 9.59. The maximum Gasteiger partial charge on any atom is 0.0390 e. The van der Waals surface area contributed by atoms with Crippen LogP contribution in [0.2, 0.25) is 0 Å². The molecule has 2 aliphatic rings. The van der Waals surface area contributed by atoms with Crippen LogP contribution in [0.3, 0.4) is 0 Å². The normalized spacial score (nSPS) is 20.4. The molecule has 70 valence electrons.